The molecule has 94 valence electrons. The van der Waals surface area contributed by atoms with E-state index in [4.69, 9.17) is 10.5 Å². The Bertz CT molecular complexity index is 534. The van der Waals surface area contributed by atoms with Crippen molar-refractivity contribution in [3.05, 3.63) is 47.8 Å². The van der Waals surface area contributed by atoms with Gasteiger partial charge in [-0.3, -0.25) is 0 Å². The highest BCUT2D eigenvalue weighted by atomic mass is 16.5. The predicted molar refractivity (Wildman–Crippen MR) is 68.0 cm³/mol. The lowest BCUT2D eigenvalue weighted by Gasteiger charge is -2.05. The molecule has 18 heavy (non-hydrogen) atoms. The van der Waals surface area contributed by atoms with Crippen LogP contribution in [-0.4, -0.2) is 15.6 Å². The topological polar surface area (TPSA) is 70.1 Å². The van der Waals surface area contributed by atoms with Gasteiger partial charge in [-0.25, -0.2) is 14.3 Å². The van der Waals surface area contributed by atoms with Gasteiger partial charge in [-0.15, -0.1) is 0 Å². The number of carbonyl (C=O) groups is 1. The lowest BCUT2D eigenvalue weighted by atomic mass is 10.2. The van der Waals surface area contributed by atoms with Crippen molar-refractivity contribution in [1.82, 2.24) is 9.55 Å². The smallest absolute Gasteiger partial charge is 0.421 e. The number of carbonyl (C=O) groups excluding carboxylic acids is 1. The molecule has 0 saturated heterocycles. The van der Waals surface area contributed by atoms with E-state index in [1.807, 2.05) is 37.3 Å². The maximum atomic E-state index is 11.8. The maximum Gasteiger partial charge on any atom is 0.421 e. The number of ether oxygens (including phenoxy) is 1. The van der Waals surface area contributed by atoms with Crippen LogP contribution in [0.15, 0.2) is 36.5 Å². The number of imidazole rings is 1. The van der Waals surface area contributed by atoms with E-state index < -0.39 is 6.09 Å². The Labute approximate surface area is 105 Å². The van der Waals surface area contributed by atoms with Crippen molar-refractivity contribution >= 4 is 12.0 Å². The highest BCUT2D eigenvalue weighted by Gasteiger charge is 2.12. The Morgan fingerprint density at radius 2 is 2.11 bits per heavy atom. The second-order valence-corrected chi connectivity index (χ2v) is 3.85. The van der Waals surface area contributed by atoms with Crippen LogP contribution >= 0.6 is 0 Å². The maximum absolute atomic E-state index is 11.8. The van der Waals surface area contributed by atoms with Gasteiger partial charge in [0, 0.05) is 6.20 Å². The van der Waals surface area contributed by atoms with Crippen molar-refractivity contribution in [3.8, 4) is 0 Å². The van der Waals surface area contributed by atoms with E-state index in [9.17, 15) is 4.79 Å². The monoisotopic (exact) mass is 245 g/mol. The minimum Gasteiger partial charge on any atom is -0.444 e. The molecule has 0 unspecified atom stereocenters. The lowest BCUT2D eigenvalue weighted by molar-refractivity contribution is 0.142. The summed E-state index contributed by atoms with van der Waals surface area (Å²) in [4.78, 5) is 15.8. The quantitative estimate of drug-likeness (QED) is 0.900. The molecular weight excluding hydrogens is 230 g/mol. The molecule has 0 atom stereocenters. The van der Waals surface area contributed by atoms with Crippen LogP contribution in [0.25, 0.3) is 0 Å². The van der Waals surface area contributed by atoms with E-state index in [1.54, 1.807) is 6.20 Å². The second-order valence-electron chi connectivity index (χ2n) is 3.85. The zero-order valence-corrected chi connectivity index (χ0v) is 10.2. The molecule has 0 aliphatic heterocycles. The van der Waals surface area contributed by atoms with Crippen LogP contribution in [0.5, 0.6) is 0 Å². The second kappa shape index (κ2) is 5.35. The zero-order valence-electron chi connectivity index (χ0n) is 10.2. The van der Waals surface area contributed by atoms with Gasteiger partial charge in [-0.05, 0) is 12.0 Å². The Morgan fingerprint density at radius 3 is 2.72 bits per heavy atom. The molecule has 2 aromatic rings. The molecule has 2 rings (SSSR count). The molecule has 1 aromatic carbocycles. The minimum absolute atomic E-state index is 0.157. The number of aromatic nitrogens is 2. The van der Waals surface area contributed by atoms with Gasteiger partial charge in [-0.2, -0.15) is 0 Å². The lowest BCUT2D eigenvalue weighted by Crippen LogP contribution is -2.15. The first-order valence-corrected chi connectivity index (χ1v) is 5.75. The minimum atomic E-state index is -0.511. The molecule has 0 bridgehead atoms. The third-order valence-electron chi connectivity index (χ3n) is 2.55. The molecule has 1 aromatic heterocycles. The Hall–Kier alpha value is -2.30. The SMILES string of the molecule is CCc1cn(C(=O)OCc2ccccc2)c(N)n1. The summed E-state index contributed by atoms with van der Waals surface area (Å²) in [5.74, 6) is 0.157. The van der Waals surface area contributed by atoms with Crippen LogP contribution in [-0.2, 0) is 17.8 Å². The summed E-state index contributed by atoms with van der Waals surface area (Å²) in [6.07, 6.45) is 1.81. The van der Waals surface area contributed by atoms with Gasteiger partial charge in [0.1, 0.15) is 6.61 Å². The average molecular weight is 245 g/mol. The predicted octanol–water partition coefficient (Wildman–Crippen LogP) is 2.21. The molecule has 5 heteroatoms. The van der Waals surface area contributed by atoms with Crippen molar-refractivity contribution in [2.75, 3.05) is 5.73 Å². The molecule has 0 amide bonds. The summed E-state index contributed by atoms with van der Waals surface area (Å²) in [7, 11) is 0. The zero-order chi connectivity index (χ0) is 13.0. The standard InChI is InChI=1S/C13H15N3O2/c1-2-11-8-16(12(14)15-11)13(17)18-9-10-6-4-3-5-7-10/h3-8H,2,9H2,1H3,(H2,14,15). The van der Waals surface area contributed by atoms with E-state index in [2.05, 4.69) is 4.98 Å². The number of nitrogen functional groups attached to an aromatic ring is 1. The summed E-state index contributed by atoms with van der Waals surface area (Å²) in [5.41, 5.74) is 7.34. The largest absolute Gasteiger partial charge is 0.444 e. The first-order chi connectivity index (χ1) is 8.70. The molecule has 0 radical (unpaired) electrons. The summed E-state index contributed by atoms with van der Waals surface area (Å²) >= 11 is 0. The summed E-state index contributed by atoms with van der Waals surface area (Å²) < 4.78 is 6.38. The van der Waals surface area contributed by atoms with Gasteiger partial charge in [0.15, 0.2) is 0 Å². The highest BCUT2D eigenvalue weighted by Crippen LogP contribution is 2.08. The molecular formula is C13H15N3O2. The van der Waals surface area contributed by atoms with Crippen molar-refractivity contribution in [3.63, 3.8) is 0 Å². The fourth-order valence-corrected chi connectivity index (χ4v) is 1.55. The third-order valence-corrected chi connectivity index (χ3v) is 2.55. The van der Waals surface area contributed by atoms with Crippen LogP contribution in [0.2, 0.25) is 0 Å². The number of nitrogens with two attached hydrogens (primary N) is 1. The van der Waals surface area contributed by atoms with Crippen LogP contribution in [0.4, 0.5) is 10.7 Å². The van der Waals surface area contributed by atoms with E-state index in [-0.39, 0.29) is 12.6 Å². The number of benzene rings is 1. The van der Waals surface area contributed by atoms with Crippen LogP contribution in [0.1, 0.15) is 18.2 Å². The van der Waals surface area contributed by atoms with E-state index in [0.29, 0.717) is 0 Å². The van der Waals surface area contributed by atoms with E-state index in [0.717, 1.165) is 17.7 Å². The first-order valence-electron chi connectivity index (χ1n) is 5.75. The third kappa shape index (κ3) is 2.68. The fourth-order valence-electron chi connectivity index (χ4n) is 1.55. The Morgan fingerprint density at radius 1 is 1.39 bits per heavy atom. The molecule has 1 heterocycles. The molecule has 0 saturated carbocycles. The fraction of sp³-hybridized carbons (Fsp3) is 0.231. The number of rotatable bonds is 3. The number of hydrogen-bond acceptors (Lipinski definition) is 4. The first kappa shape index (κ1) is 12.2. The van der Waals surface area contributed by atoms with Crippen LogP contribution < -0.4 is 5.73 Å². The summed E-state index contributed by atoms with van der Waals surface area (Å²) in [6, 6.07) is 9.48. The van der Waals surface area contributed by atoms with Crippen molar-refractivity contribution in [1.29, 1.82) is 0 Å². The summed E-state index contributed by atoms with van der Waals surface area (Å²) in [5, 5.41) is 0. The Balaban J connectivity index is 2.01. The van der Waals surface area contributed by atoms with Crippen LogP contribution in [0, 0.1) is 0 Å². The van der Waals surface area contributed by atoms with Gasteiger partial charge in [0.05, 0.1) is 5.69 Å². The van der Waals surface area contributed by atoms with Gasteiger partial charge in [0.25, 0.3) is 0 Å². The van der Waals surface area contributed by atoms with Gasteiger partial charge in [0.2, 0.25) is 5.95 Å². The van der Waals surface area contributed by atoms with Crippen molar-refractivity contribution in [2.45, 2.75) is 20.0 Å². The van der Waals surface area contributed by atoms with E-state index in [1.165, 1.54) is 4.57 Å². The molecule has 0 fully saturated rings. The van der Waals surface area contributed by atoms with Gasteiger partial charge in [-0.1, -0.05) is 37.3 Å². The average Bonchev–Trinajstić information content (AvgIpc) is 2.78. The Kier molecular flexibility index (Phi) is 3.62. The van der Waals surface area contributed by atoms with Gasteiger partial charge >= 0.3 is 6.09 Å². The number of aryl methyl sites for hydroxylation is 1. The number of anilines is 1. The normalized spacial score (nSPS) is 10.3. The molecule has 5 nitrogen and oxygen atoms in total. The van der Waals surface area contributed by atoms with Gasteiger partial charge < -0.3 is 10.5 Å². The molecule has 0 aliphatic carbocycles. The summed E-state index contributed by atoms with van der Waals surface area (Å²) in [6.45, 7) is 2.17. The van der Waals surface area contributed by atoms with Crippen LogP contribution in [0.3, 0.4) is 0 Å². The number of hydrogen-bond donors (Lipinski definition) is 1. The van der Waals surface area contributed by atoms with E-state index >= 15 is 0 Å². The van der Waals surface area contributed by atoms with Crippen molar-refractivity contribution in [2.24, 2.45) is 0 Å². The highest BCUT2D eigenvalue weighted by molar-refractivity contribution is 5.73. The molecule has 2 N–H and O–H groups in total. The molecule has 0 aliphatic rings. The van der Waals surface area contributed by atoms with Crippen molar-refractivity contribution < 1.29 is 9.53 Å². The molecule has 0 spiro atoms. The number of nitrogens with zero attached hydrogens (tertiary/aromatic N) is 2.